The Labute approximate surface area is 122 Å². The van der Waals surface area contributed by atoms with E-state index in [1.165, 1.54) is 0 Å². The van der Waals surface area contributed by atoms with Crippen molar-refractivity contribution in [1.82, 2.24) is 14.9 Å². The zero-order valence-electron chi connectivity index (χ0n) is 11.5. The minimum absolute atomic E-state index is 0.0453. The number of nitrogens with one attached hydrogen (secondary N) is 2. The van der Waals surface area contributed by atoms with E-state index in [-0.39, 0.29) is 29.8 Å². The van der Waals surface area contributed by atoms with Crippen molar-refractivity contribution in [3.63, 3.8) is 0 Å². The first-order valence-electron chi connectivity index (χ1n) is 6.44. The fraction of sp³-hybridized carbons (Fsp3) is 0.636. The number of aromatic nitrogens is 2. The summed E-state index contributed by atoms with van der Waals surface area (Å²) in [5.74, 6) is -0.746. The second-order valence-electron chi connectivity index (χ2n) is 4.25. The number of hydrogen-bond donors (Lipinski definition) is 2. The van der Waals surface area contributed by atoms with Crippen LogP contribution in [0.3, 0.4) is 0 Å². The van der Waals surface area contributed by atoms with E-state index in [4.69, 9.17) is 14.2 Å². The summed E-state index contributed by atoms with van der Waals surface area (Å²) in [7, 11) is -3.91. The van der Waals surface area contributed by atoms with E-state index in [0.29, 0.717) is 19.8 Å². The zero-order valence-corrected chi connectivity index (χ0v) is 12.3. The van der Waals surface area contributed by atoms with Crippen LogP contribution in [0.5, 0.6) is 0 Å². The molecular weight excluding hydrogens is 302 g/mol. The number of nitrogens with zero attached hydrogens (tertiary/aromatic N) is 1. The van der Waals surface area contributed by atoms with E-state index < -0.39 is 16.0 Å². The van der Waals surface area contributed by atoms with Crippen molar-refractivity contribution < 1.29 is 27.4 Å². The molecule has 1 atom stereocenters. The predicted octanol–water partition coefficient (Wildman–Crippen LogP) is -0.720. The van der Waals surface area contributed by atoms with Gasteiger partial charge >= 0.3 is 5.97 Å². The third kappa shape index (κ3) is 4.00. The fourth-order valence-corrected chi connectivity index (χ4v) is 2.91. The molecule has 0 bridgehead atoms. The molecule has 1 fully saturated rings. The van der Waals surface area contributed by atoms with Gasteiger partial charge in [-0.2, -0.15) is 5.10 Å². The predicted molar refractivity (Wildman–Crippen MR) is 70.3 cm³/mol. The fourth-order valence-electron chi connectivity index (χ4n) is 1.76. The van der Waals surface area contributed by atoms with Crippen LogP contribution in [0.1, 0.15) is 17.3 Å². The summed E-state index contributed by atoms with van der Waals surface area (Å²) in [5, 5.41) is 5.56. The Morgan fingerprint density at radius 3 is 3.05 bits per heavy atom. The Morgan fingerprint density at radius 1 is 1.57 bits per heavy atom. The number of carbonyl (C=O) groups excluding carboxylic acids is 1. The largest absolute Gasteiger partial charge is 0.462 e. The quantitative estimate of drug-likeness (QED) is 0.664. The van der Waals surface area contributed by atoms with Crippen molar-refractivity contribution in [1.29, 1.82) is 0 Å². The summed E-state index contributed by atoms with van der Waals surface area (Å²) < 4.78 is 42.0. The Balaban J connectivity index is 2.05. The molecule has 1 saturated heterocycles. The number of ether oxygens (including phenoxy) is 3. The summed E-state index contributed by atoms with van der Waals surface area (Å²) in [4.78, 5) is 11.7. The molecule has 2 rings (SSSR count). The molecule has 0 aromatic carbocycles. The minimum atomic E-state index is -3.91. The highest BCUT2D eigenvalue weighted by molar-refractivity contribution is 7.89. The van der Waals surface area contributed by atoms with Crippen LogP contribution in [0.15, 0.2) is 11.2 Å². The highest BCUT2D eigenvalue weighted by Gasteiger charge is 2.27. The van der Waals surface area contributed by atoms with Crippen molar-refractivity contribution >= 4 is 16.0 Å². The molecule has 1 aromatic rings. The molecule has 1 aromatic heterocycles. The lowest BCUT2D eigenvalue weighted by molar-refractivity contribution is -0.0847. The standard InChI is InChI=1S/C11H17N3O6S/c1-2-19-11(15)9-6-12-14-10(9)21(16,17)13-5-8-7-18-3-4-20-8/h6,8,13H,2-5,7H2,1H3,(H,12,14). The normalized spacial score (nSPS) is 19.4. The summed E-state index contributed by atoms with van der Waals surface area (Å²) in [5.41, 5.74) is -0.134. The van der Waals surface area contributed by atoms with Crippen molar-refractivity contribution in [3.05, 3.63) is 11.8 Å². The van der Waals surface area contributed by atoms with Gasteiger partial charge in [0.1, 0.15) is 5.56 Å². The van der Waals surface area contributed by atoms with Crippen LogP contribution in [-0.4, -0.2) is 63.7 Å². The average molecular weight is 319 g/mol. The Hall–Kier alpha value is -1.49. The third-order valence-electron chi connectivity index (χ3n) is 2.75. The highest BCUT2D eigenvalue weighted by atomic mass is 32.2. The first kappa shape index (κ1) is 15.9. The lowest BCUT2D eigenvalue weighted by Crippen LogP contribution is -2.40. The maximum atomic E-state index is 12.2. The molecule has 1 unspecified atom stereocenters. The maximum Gasteiger partial charge on any atom is 0.342 e. The first-order chi connectivity index (χ1) is 10.0. The van der Waals surface area contributed by atoms with E-state index >= 15 is 0 Å². The molecule has 9 nitrogen and oxygen atoms in total. The lowest BCUT2D eigenvalue weighted by Gasteiger charge is -2.22. The van der Waals surface area contributed by atoms with Gasteiger partial charge in [0.15, 0.2) is 5.03 Å². The molecule has 0 radical (unpaired) electrons. The van der Waals surface area contributed by atoms with Crippen LogP contribution in [0.25, 0.3) is 0 Å². The Bertz CT molecular complexity index is 579. The number of aromatic amines is 1. The van der Waals surface area contributed by atoms with E-state index in [0.717, 1.165) is 6.20 Å². The van der Waals surface area contributed by atoms with Crippen molar-refractivity contribution in [2.45, 2.75) is 18.1 Å². The van der Waals surface area contributed by atoms with Gasteiger partial charge in [-0.05, 0) is 6.92 Å². The lowest BCUT2D eigenvalue weighted by atomic mass is 10.3. The van der Waals surface area contributed by atoms with Gasteiger partial charge in [-0.3, -0.25) is 5.10 Å². The van der Waals surface area contributed by atoms with Crippen LogP contribution >= 0.6 is 0 Å². The van der Waals surface area contributed by atoms with E-state index in [1.807, 2.05) is 0 Å². The van der Waals surface area contributed by atoms with Crippen LogP contribution in [0.4, 0.5) is 0 Å². The van der Waals surface area contributed by atoms with Crippen LogP contribution in [0.2, 0.25) is 0 Å². The number of sulfonamides is 1. The maximum absolute atomic E-state index is 12.2. The molecule has 118 valence electrons. The van der Waals surface area contributed by atoms with Crippen LogP contribution in [0, 0.1) is 0 Å². The monoisotopic (exact) mass is 319 g/mol. The molecule has 0 spiro atoms. The number of carbonyl (C=O) groups is 1. The average Bonchev–Trinajstić information content (AvgIpc) is 2.97. The van der Waals surface area contributed by atoms with Gasteiger partial charge < -0.3 is 14.2 Å². The molecule has 21 heavy (non-hydrogen) atoms. The second-order valence-corrected chi connectivity index (χ2v) is 5.96. The molecule has 10 heteroatoms. The van der Waals surface area contributed by atoms with Crippen molar-refractivity contribution in [3.8, 4) is 0 Å². The molecule has 0 saturated carbocycles. The molecule has 2 heterocycles. The molecule has 1 aliphatic heterocycles. The summed E-state index contributed by atoms with van der Waals surface area (Å²) >= 11 is 0. The molecule has 0 amide bonds. The third-order valence-corrected chi connectivity index (χ3v) is 4.15. The molecule has 0 aliphatic carbocycles. The highest BCUT2D eigenvalue weighted by Crippen LogP contribution is 2.13. The summed E-state index contributed by atoms with van der Waals surface area (Å²) in [6.07, 6.45) is 0.759. The summed E-state index contributed by atoms with van der Waals surface area (Å²) in [6, 6.07) is 0. The molecule has 2 N–H and O–H groups in total. The van der Waals surface area contributed by atoms with Crippen molar-refractivity contribution in [2.24, 2.45) is 0 Å². The zero-order chi connectivity index (χ0) is 15.3. The summed E-state index contributed by atoms with van der Waals surface area (Å²) in [6.45, 7) is 3.05. The van der Waals surface area contributed by atoms with E-state index in [9.17, 15) is 13.2 Å². The van der Waals surface area contributed by atoms with E-state index in [2.05, 4.69) is 14.9 Å². The first-order valence-corrected chi connectivity index (χ1v) is 7.92. The number of hydrogen-bond acceptors (Lipinski definition) is 7. The van der Waals surface area contributed by atoms with Gasteiger partial charge in [0.05, 0.1) is 38.7 Å². The Morgan fingerprint density at radius 2 is 2.38 bits per heavy atom. The van der Waals surface area contributed by atoms with Crippen molar-refractivity contribution in [2.75, 3.05) is 33.0 Å². The van der Waals surface area contributed by atoms with Gasteiger partial charge in [-0.1, -0.05) is 0 Å². The van der Waals surface area contributed by atoms with Gasteiger partial charge in [0.25, 0.3) is 10.0 Å². The van der Waals surface area contributed by atoms with Gasteiger partial charge in [0, 0.05) is 6.54 Å². The SMILES string of the molecule is CCOC(=O)c1cn[nH]c1S(=O)(=O)NCC1COCCO1. The number of rotatable bonds is 6. The van der Waals surface area contributed by atoms with Gasteiger partial charge in [0.2, 0.25) is 0 Å². The smallest absolute Gasteiger partial charge is 0.342 e. The minimum Gasteiger partial charge on any atom is -0.462 e. The topological polar surface area (TPSA) is 120 Å². The second kappa shape index (κ2) is 6.98. The van der Waals surface area contributed by atoms with Gasteiger partial charge in [-0.15, -0.1) is 0 Å². The number of H-pyrrole nitrogens is 1. The Kier molecular flexibility index (Phi) is 5.28. The molecule has 1 aliphatic rings. The number of esters is 1. The van der Waals surface area contributed by atoms with Crippen LogP contribution in [-0.2, 0) is 24.2 Å². The van der Waals surface area contributed by atoms with Gasteiger partial charge in [-0.25, -0.2) is 17.9 Å². The molecular formula is C11H17N3O6S. The van der Waals surface area contributed by atoms with E-state index in [1.54, 1.807) is 6.92 Å². The van der Waals surface area contributed by atoms with Crippen LogP contribution < -0.4 is 4.72 Å².